The summed E-state index contributed by atoms with van der Waals surface area (Å²) in [6, 6.07) is 15.4. The Labute approximate surface area is 166 Å². The van der Waals surface area contributed by atoms with Crippen LogP contribution < -0.4 is 10.1 Å². The molecule has 2 aromatic carbocycles. The Morgan fingerprint density at radius 3 is 2.18 bits per heavy atom. The van der Waals surface area contributed by atoms with Crippen molar-refractivity contribution in [2.24, 2.45) is 0 Å². The van der Waals surface area contributed by atoms with E-state index < -0.39 is 16.1 Å². The second-order valence-corrected chi connectivity index (χ2v) is 8.84. The molecule has 1 fully saturated rings. The Hall–Kier alpha value is -2.38. The van der Waals surface area contributed by atoms with Crippen molar-refractivity contribution >= 4 is 21.6 Å². The van der Waals surface area contributed by atoms with E-state index in [2.05, 4.69) is 5.32 Å². The number of benzene rings is 2. The van der Waals surface area contributed by atoms with Crippen LogP contribution in [0.25, 0.3) is 0 Å². The molecule has 1 atom stereocenters. The summed E-state index contributed by atoms with van der Waals surface area (Å²) in [7, 11) is -3.49. The lowest BCUT2D eigenvalue weighted by Gasteiger charge is -2.20. The van der Waals surface area contributed by atoms with Gasteiger partial charge in [-0.25, -0.2) is 8.42 Å². The maximum Gasteiger partial charge on any atom is 0.265 e. The van der Waals surface area contributed by atoms with E-state index in [9.17, 15) is 13.2 Å². The van der Waals surface area contributed by atoms with Crippen LogP contribution in [0, 0.1) is 0 Å². The van der Waals surface area contributed by atoms with E-state index in [1.54, 1.807) is 47.6 Å². The molecule has 0 radical (unpaired) electrons. The van der Waals surface area contributed by atoms with Gasteiger partial charge in [0.25, 0.3) is 5.91 Å². The highest BCUT2D eigenvalue weighted by molar-refractivity contribution is 7.89. The van der Waals surface area contributed by atoms with Crippen molar-refractivity contribution < 1.29 is 17.9 Å². The number of nitrogens with one attached hydrogen (secondary N) is 1. The number of sulfonamides is 1. The summed E-state index contributed by atoms with van der Waals surface area (Å²) in [6.45, 7) is 2.80. The molecule has 28 heavy (non-hydrogen) atoms. The number of hydrogen-bond acceptors (Lipinski definition) is 4. The minimum atomic E-state index is -3.49. The van der Waals surface area contributed by atoms with Crippen LogP contribution in [-0.4, -0.2) is 37.8 Å². The number of ether oxygens (including phenoxy) is 1. The van der Waals surface area contributed by atoms with E-state index in [1.165, 1.54) is 0 Å². The number of carbonyl (C=O) groups is 1. The molecule has 1 N–H and O–H groups in total. The van der Waals surface area contributed by atoms with Crippen molar-refractivity contribution in [3.8, 4) is 5.75 Å². The zero-order chi connectivity index (χ0) is 20.0. The Bertz CT molecular complexity index is 874. The van der Waals surface area contributed by atoms with Crippen LogP contribution >= 0.6 is 0 Å². The second kappa shape index (κ2) is 9.21. The van der Waals surface area contributed by atoms with Gasteiger partial charge in [0.05, 0.1) is 4.90 Å². The summed E-state index contributed by atoms with van der Waals surface area (Å²) in [5, 5.41) is 2.76. The normalized spacial score (nSPS) is 16.8. The fraction of sp³-hybridized carbons (Fsp3) is 0.381. The van der Waals surface area contributed by atoms with Gasteiger partial charge in [0.1, 0.15) is 5.75 Å². The highest BCUT2D eigenvalue weighted by atomic mass is 32.2. The first kappa shape index (κ1) is 20.4. The van der Waals surface area contributed by atoms with Crippen LogP contribution in [0.2, 0.25) is 0 Å². The van der Waals surface area contributed by atoms with Crippen molar-refractivity contribution in [2.45, 2.75) is 43.6 Å². The lowest BCUT2D eigenvalue weighted by Crippen LogP contribution is -2.32. The third-order valence-corrected chi connectivity index (χ3v) is 6.66. The van der Waals surface area contributed by atoms with Crippen LogP contribution in [0.15, 0.2) is 59.5 Å². The molecule has 6 nitrogen and oxygen atoms in total. The molecule has 1 amide bonds. The molecule has 1 heterocycles. The number of hydrogen-bond donors (Lipinski definition) is 1. The van der Waals surface area contributed by atoms with Crippen molar-refractivity contribution in [1.82, 2.24) is 4.31 Å². The van der Waals surface area contributed by atoms with Gasteiger partial charge in [-0.15, -0.1) is 0 Å². The van der Waals surface area contributed by atoms with Gasteiger partial charge in [-0.3, -0.25) is 4.79 Å². The highest BCUT2D eigenvalue weighted by Gasteiger charge is 2.25. The molecule has 1 unspecified atom stereocenters. The van der Waals surface area contributed by atoms with Crippen molar-refractivity contribution in [3.05, 3.63) is 54.6 Å². The second-order valence-electron chi connectivity index (χ2n) is 6.91. The topological polar surface area (TPSA) is 75.7 Å². The Morgan fingerprint density at radius 2 is 1.57 bits per heavy atom. The van der Waals surface area contributed by atoms with E-state index in [-0.39, 0.29) is 10.8 Å². The first-order chi connectivity index (χ1) is 13.5. The molecule has 1 aliphatic rings. The van der Waals surface area contributed by atoms with Gasteiger partial charge in [-0.2, -0.15) is 4.31 Å². The fourth-order valence-electron chi connectivity index (χ4n) is 3.14. The van der Waals surface area contributed by atoms with Gasteiger partial charge >= 0.3 is 0 Å². The maximum atomic E-state index is 12.8. The smallest absolute Gasteiger partial charge is 0.265 e. The highest BCUT2D eigenvalue weighted by Crippen LogP contribution is 2.22. The molecule has 150 valence electrons. The zero-order valence-electron chi connectivity index (χ0n) is 16.0. The predicted octanol–water partition coefficient (Wildman–Crippen LogP) is 3.66. The summed E-state index contributed by atoms with van der Waals surface area (Å²) in [5.74, 6) is 0.316. The van der Waals surface area contributed by atoms with Crippen molar-refractivity contribution in [3.63, 3.8) is 0 Å². The third-order valence-electron chi connectivity index (χ3n) is 4.75. The molecule has 0 bridgehead atoms. The molecule has 2 aromatic rings. The lowest BCUT2D eigenvalue weighted by molar-refractivity contribution is -0.122. The number of amides is 1. The van der Waals surface area contributed by atoms with Crippen molar-refractivity contribution in [2.75, 3.05) is 18.4 Å². The standard InChI is InChI=1S/C21H26N2O4S/c1-17(27-19-9-5-4-6-10-19)21(24)22-18-11-13-20(14-12-18)28(25,26)23-15-7-2-3-8-16-23/h4-6,9-14,17H,2-3,7-8,15-16H2,1H3,(H,22,24). The number of rotatable bonds is 6. The molecular formula is C21H26N2O4S. The zero-order valence-corrected chi connectivity index (χ0v) is 16.8. The Balaban J connectivity index is 1.62. The number of nitrogens with zero attached hydrogens (tertiary/aromatic N) is 1. The Kier molecular flexibility index (Phi) is 6.70. The molecule has 0 saturated carbocycles. The SMILES string of the molecule is CC(Oc1ccccc1)C(=O)Nc1ccc(S(=O)(=O)N2CCCCCC2)cc1. The van der Waals surface area contributed by atoms with Crippen LogP contribution in [-0.2, 0) is 14.8 Å². The van der Waals surface area contributed by atoms with Gasteiger partial charge in [-0.1, -0.05) is 31.0 Å². The minimum absolute atomic E-state index is 0.251. The summed E-state index contributed by atoms with van der Waals surface area (Å²) in [6.07, 6.45) is 3.25. The largest absolute Gasteiger partial charge is 0.481 e. The fourth-order valence-corrected chi connectivity index (χ4v) is 4.66. The van der Waals surface area contributed by atoms with E-state index in [0.29, 0.717) is 24.5 Å². The van der Waals surface area contributed by atoms with Gasteiger partial charge in [0.2, 0.25) is 10.0 Å². The molecular weight excluding hydrogens is 376 g/mol. The van der Waals surface area contributed by atoms with E-state index >= 15 is 0 Å². The van der Waals surface area contributed by atoms with Crippen LogP contribution in [0.1, 0.15) is 32.6 Å². The summed E-state index contributed by atoms with van der Waals surface area (Å²) < 4.78 is 32.8. The maximum absolute atomic E-state index is 12.8. The lowest BCUT2D eigenvalue weighted by atomic mass is 10.2. The molecule has 1 saturated heterocycles. The van der Waals surface area contributed by atoms with Crippen LogP contribution in [0.3, 0.4) is 0 Å². The quantitative estimate of drug-likeness (QED) is 0.800. The first-order valence-corrected chi connectivity index (χ1v) is 11.0. The summed E-state index contributed by atoms with van der Waals surface area (Å²) in [5.41, 5.74) is 0.531. The average Bonchev–Trinajstić information content (AvgIpc) is 2.99. The van der Waals surface area contributed by atoms with Crippen LogP contribution in [0.5, 0.6) is 5.75 Å². The Morgan fingerprint density at radius 1 is 0.964 bits per heavy atom. The third kappa shape index (κ3) is 5.11. The van der Waals surface area contributed by atoms with E-state index in [0.717, 1.165) is 25.7 Å². The summed E-state index contributed by atoms with van der Waals surface area (Å²) >= 11 is 0. The molecule has 1 aliphatic heterocycles. The predicted molar refractivity (Wildman–Crippen MR) is 109 cm³/mol. The molecule has 7 heteroatoms. The van der Waals surface area contributed by atoms with Gasteiger partial charge in [0.15, 0.2) is 6.10 Å². The number of anilines is 1. The molecule has 3 rings (SSSR count). The monoisotopic (exact) mass is 402 g/mol. The molecule has 0 aromatic heterocycles. The van der Waals surface area contributed by atoms with Gasteiger partial charge < -0.3 is 10.1 Å². The minimum Gasteiger partial charge on any atom is -0.481 e. The van der Waals surface area contributed by atoms with Gasteiger partial charge in [0, 0.05) is 18.8 Å². The molecule has 0 aliphatic carbocycles. The van der Waals surface area contributed by atoms with E-state index in [1.807, 2.05) is 18.2 Å². The van der Waals surface area contributed by atoms with E-state index in [4.69, 9.17) is 4.74 Å². The summed E-state index contributed by atoms with van der Waals surface area (Å²) in [4.78, 5) is 12.6. The average molecular weight is 403 g/mol. The number of carbonyl (C=O) groups excluding carboxylic acids is 1. The van der Waals surface area contributed by atoms with Crippen molar-refractivity contribution in [1.29, 1.82) is 0 Å². The first-order valence-electron chi connectivity index (χ1n) is 9.59. The van der Waals surface area contributed by atoms with Gasteiger partial charge in [-0.05, 0) is 56.2 Å². The molecule has 0 spiro atoms. The number of para-hydroxylation sites is 1. The van der Waals surface area contributed by atoms with Crippen LogP contribution in [0.4, 0.5) is 5.69 Å².